The fourth-order valence-corrected chi connectivity index (χ4v) is 4.20. The van der Waals surface area contributed by atoms with Crippen LogP contribution in [0.1, 0.15) is 36.7 Å². The summed E-state index contributed by atoms with van der Waals surface area (Å²) >= 11 is 0. The molecule has 0 bridgehead atoms. The molecule has 0 spiro atoms. The predicted molar refractivity (Wildman–Crippen MR) is 144 cm³/mol. The normalized spacial score (nSPS) is 12.3. The Morgan fingerprint density at radius 2 is 1.71 bits per heavy atom. The highest BCUT2D eigenvalue weighted by Gasteiger charge is 2.26. The maximum Gasteiger partial charge on any atom is 0.288 e. The van der Waals surface area contributed by atoms with Crippen LogP contribution in [0.4, 0.5) is 29.1 Å². The highest BCUT2D eigenvalue weighted by atomic mass is 19.3. The van der Waals surface area contributed by atoms with Crippen LogP contribution < -0.4 is 16.5 Å². The molecule has 4 aromatic heterocycles. The first-order valence-corrected chi connectivity index (χ1v) is 12.3. The van der Waals surface area contributed by atoms with E-state index in [9.17, 15) is 27.2 Å². The maximum atomic E-state index is 14.3. The van der Waals surface area contributed by atoms with Gasteiger partial charge in [-0.25, -0.2) is 27.5 Å². The maximum absolute atomic E-state index is 14.3. The molecule has 0 aliphatic carbocycles. The number of rotatable bonds is 7. The van der Waals surface area contributed by atoms with Crippen LogP contribution in [0.25, 0.3) is 33.4 Å². The molecule has 5 aromatic rings. The smallest absolute Gasteiger partial charge is 0.288 e. The zero-order chi connectivity index (χ0) is 29.4. The molecular formula is C27H22F4N8O2. The second-order valence-electron chi connectivity index (χ2n) is 9.30. The quantitative estimate of drug-likeness (QED) is 0.265. The minimum absolute atomic E-state index is 0.0226. The molecule has 14 heteroatoms. The highest BCUT2D eigenvalue weighted by Crippen LogP contribution is 2.36. The van der Waals surface area contributed by atoms with Crippen molar-refractivity contribution >= 4 is 28.4 Å². The molecule has 0 fully saturated rings. The van der Waals surface area contributed by atoms with Gasteiger partial charge in [0.2, 0.25) is 11.7 Å². The molecule has 5 rings (SSSR count). The van der Waals surface area contributed by atoms with Gasteiger partial charge in [-0.15, -0.1) is 0 Å². The zero-order valence-corrected chi connectivity index (χ0v) is 21.6. The number of carbonyl (C=O) groups is 1. The van der Waals surface area contributed by atoms with Crippen LogP contribution in [-0.4, -0.2) is 41.6 Å². The lowest BCUT2D eigenvalue weighted by molar-refractivity contribution is 0.0104. The van der Waals surface area contributed by atoms with Crippen LogP contribution in [0.15, 0.2) is 66.1 Å². The lowest BCUT2D eigenvalue weighted by atomic mass is 10.1. The summed E-state index contributed by atoms with van der Waals surface area (Å²) < 4.78 is 56.1. The third kappa shape index (κ3) is 5.23. The third-order valence-corrected chi connectivity index (χ3v) is 6.25. The lowest BCUT2D eigenvalue weighted by Gasteiger charge is -2.13. The van der Waals surface area contributed by atoms with Gasteiger partial charge in [0.05, 0.1) is 22.8 Å². The van der Waals surface area contributed by atoms with Crippen LogP contribution in [0.3, 0.4) is 0 Å². The fraction of sp³-hybridized carbons (Fsp3) is 0.185. The van der Waals surface area contributed by atoms with Crippen molar-refractivity contribution in [2.24, 2.45) is 0 Å². The van der Waals surface area contributed by atoms with E-state index in [0.717, 1.165) is 18.6 Å². The van der Waals surface area contributed by atoms with Crippen molar-refractivity contribution in [1.29, 1.82) is 0 Å². The SMILES string of the molecule is CC(C)n1cc(-c2ccc(F)cn2)c(=O)c(C(=O)Nc2ccc(-c3cn(C(F)C(F)F)c4ncnc(N)c34)cc2)n1. The summed E-state index contributed by atoms with van der Waals surface area (Å²) in [7, 11) is 0. The van der Waals surface area contributed by atoms with Gasteiger partial charge in [0.1, 0.15) is 23.6 Å². The van der Waals surface area contributed by atoms with Crippen LogP contribution in [0.2, 0.25) is 0 Å². The first-order valence-electron chi connectivity index (χ1n) is 12.3. The van der Waals surface area contributed by atoms with Gasteiger partial charge in [0.15, 0.2) is 5.69 Å². The minimum Gasteiger partial charge on any atom is -0.383 e. The molecule has 1 atom stereocenters. The van der Waals surface area contributed by atoms with E-state index in [1.807, 2.05) is 0 Å². The van der Waals surface area contributed by atoms with E-state index in [1.54, 1.807) is 26.0 Å². The molecule has 3 N–H and O–H groups in total. The van der Waals surface area contributed by atoms with Gasteiger partial charge in [-0.2, -0.15) is 5.10 Å². The van der Waals surface area contributed by atoms with Crippen LogP contribution in [0, 0.1) is 5.82 Å². The van der Waals surface area contributed by atoms with Crippen molar-refractivity contribution < 1.29 is 22.4 Å². The first-order chi connectivity index (χ1) is 19.5. The van der Waals surface area contributed by atoms with Crippen LogP contribution in [-0.2, 0) is 0 Å². The number of nitrogens with one attached hydrogen (secondary N) is 1. The summed E-state index contributed by atoms with van der Waals surface area (Å²) in [6.07, 6.45) is -1.30. The van der Waals surface area contributed by atoms with Gasteiger partial charge in [0, 0.05) is 29.7 Å². The summed E-state index contributed by atoms with van der Waals surface area (Å²) in [5.41, 5.74) is 6.06. The monoisotopic (exact) mass is 566 g/mol. The van der Waals surface area contributed by atoms with Gasteiger partial charge in [-0.1, -0.05) is 12.1 Å². The van der Waals surface area contributed by atoms with Crippen molar-refractivity contribution in [3.05, 3.63) is 83.1 Å². The van der Waals surface area contributed by atoms with E-state index in [1.165, 1.54) is 35.3 Å². The van der Waals surface area contributed by atoms with Crippen molar-refractivity contribution in [2.75, 3.05) is 11.1 Å². The van der Waals surface area contributed by atoms with Crippen LogP contribution in [0.5, 0.6) is 0 Å². The Labute approximate surface area is 229 Å². The van der Waals surface area contributed by atoms with E-state index >= 15 is 0 Å². The van der Waals surface area contributed by atoms with Crippen LogP contribution >= 0.6 is 0 Å². The Bertz CT molecular complexity index is 1800. The molecule has 41 heavy (non-hydrogen) atoms. The Hall–Kier alpha value is -5.14. The lowest BCUT2D eigenvalue weighted by Crippen LogP contribution is -2.28. The molecule has 0 radical (unpaired) electrons. The summed E-state index contributed by atoms with van der Waals surface area (Å²) in [6.45, 7) is 3.61. The number of carbonyl (C=O) groups excluding carboxylic acids is 1. The average molecular weight is 567 g/mol. The molecule has 1 amide bonds. The predicted octanol–water partition coefficient (Wildman–Crippen LogP) is 5.00. The largest absolute Gasteiger partial charge is 0.383 e. The summed E-state index contributed by atoms with van der Waals surface area (Å²) in [5.74, 6) is -1.40. The highest BCUT2D eigenvalue weighted by molar-refractivity contribution is 6.04. The number of nitrogens with zero attached hydrogens (tertiary/aromatic N) is 6. The van der Waals surface area contributed by atoms with E-state index in [-0.39, 0.29) is 39.8 Å². The first kappa shape index (κ1) is 27.4. The molecule has 0 aliphatic rings. The number of hydrogen-bond acceptors (Lipinski definition) is 7. The number of halogens is 4. The number of aromatic nitrogens is 6. The Morgan fingerprint density at radius 3 is 2.34 bits per heavy atom. The number of alkyl halides is 3. The second kappa shape index (κ2) is 10.8. The number of nitrogens with two attached hydrogens (primary N) is 1. The van der Waals surface area contributed by atoms with E-state index in [4.69, 9.17) is 5.73 Å². The van der Waals surface area contributed by atoms with Crippen molar-refractivity contribution in [3.63, 3.8) is 0 Å². The minimum atomic E-state index is -3.29. The number of benzene rings is 1. The third-order valence-electron chi connectivity index (χ3n) is 6.25. The van der Waals surface area contributed by atoms with E-state index in [2.05, 4.69) is 25.4 Å². The standard InChI is InChI=1S/C27H22F4N8O2/c1-13(2)39-11-18(19-8-5-15(28)9-33-19)22(40)21(37-39)27(41)36-16-6-3-14(4-7-16)17-10-38(24(31)23(29)30)26-20(17)25(32)34-12-35-26/h3-13,23-24H,1-2H3,(H,36,41)(H2,32,34,35). The molecule has 1 unspecified atom stereocenters. The molecule has 0 aliphatic heterocycles. The number of pyridine rings is 1. The summed E-state index contributed by atoms with van der Waals surface area (Å²) in [5, 5.41) is 6.98. The van der Waals surface area contributed by atoms with Gasteiger partial charge in [-0.05, 0) is 43.7 Å². The number of nitrogen functional groups attached to an aromatic ring is 1. The van der Waals surface area contributed by atoms with Crippen molar-refractivity contribution in [1.82, 2.24) is 29.3 Å². The molecular weight excluding hydrogens is 544 g/mol. The second-order valence-corrected chi connectivity index (χ2v) is 9.30. The van der Waals surface area contributed by atoms with Crippen molar-refractivity contribution in [3.8, 4) is 22.4 Å². The molecule has 1 aromatic carbocycles. The Balaban J connectivity index is 1.48. The van der Waals surface area contributed by atoms with Crippen molar-refractivity contribution in [2.45, 2.75) is 32.6 Å². The fourth-order valence-electron chi connectivity index (χ4n) is 4.20. The number of hydrogen-bond donors (Lipinski definition) is 2. The number of anilines is 2. The summed E-state index contributed by atoms with van der Waals surface area (Å²) in [6, 6.07) is 8.38. The average Bonchev–Trinajstić information content (AvgIpc) is 3.34. The zero-order valence-electron chi connectivity index (χ0n) is 21.6. The van der Waals surface area contributed by atoms with Gasteiger partial charge >= 0.3 is 0 Å². The molecule has 10 nitrogen and oxygen atoms in total. The summed E-state index contributed by atoms with van der Waals surface area (Å²) in [4.78, 5) is 38.1. The molecule has 210 valence electrons. The molecule has 4 heterocycles. The van der Waals surface area contributed by atoms with E-state index in [0.29, 0.717) is 15.7 Å². The molecule has 0 saturated heterocycles. The number of amides is 1. The topological polar surface area (TPSA) is 134 Å². The van der Waals surface area contributed by atoms with E-state index < -0.39 is 35.6 Å². The Kier molecular flexibility index (Phi) is 7.22. The number of fused-ring (bicyclic) bond motifs is 1. The Morgan fingerprint density at radius 1 is 0.976 bits per heavy atom. The molecule has 0 saturated carbocycles. The van der Waals surface area contributed by atoms with Gasteiger partial charge < -0.3 is 11.1 Å². The van der Waals surface area contributed by atoms with Gasteiger partial charge in [-0.3, -0.25) is 23.8 Å². The van der Waals surface area contributed by atoms with Gasteiger partial charge in [0.25, 0.3) is 12.3 Å².